The maximum absolute atomic E-state index is 14.5. The highest BCUT2D eigenvalue weighted by molar-refractivity contribution is 6.35. The zero-order valence-electron chi connectivity index (χ0n) is 27.8. The lowest BCUT2D eigenvalue weighted by Crippen LogP contribution is -2.60. The third-order valence-electron chi connectivity index (χ3n) is 9.30. The number of alkyl carbamates (subject to hydrolysis) is 1. The van der Waals surface area contributed by atoms with Gasteiger partial charge in [0.05, 0.1) is 29.1 Å². The van der Waals surface area contributed by atoms with Gasteiger partial charge < -0.3 is 34.9 Å². The van der Waals surface area contributed by atoms with Crippen LogP contribution in [-0.2, 0) is 19.1 Å². The normalized spacial score (nSPS) is 24.9. The Morgan fingerprint density at radius 2 is 1.86 bits per heavy atom. The van der Waals surface area contributed by atoms with Crippen molar-refractivity contribution >= 4 is 46.4 Å². The predicted molar refractivity (Wildman–Crippen MR) is 170 cm³/mol. The molecule has 5 atom stereocenters. The molecular weight excluding hydrogens is 673 g/mol. The Labute approximate surface area is 286 Å². The van der Waals surface area contributed by atoms with Crippen LogP contribution in [0.15, 0.2) is 24.3 Å². The Hall–Kier alpha value is -4.01. The first-order valence-corrected chi connectivity index (χ1v) is 16.5. The molecule has 1 aromatic heterocycles. The number of likely N-dealkylation sites (tertiary alicyclic amines) is 1. The average Bonchev–Trinajstić information content (AvgIpc) is 3.90. The van der Waals surface area contributed by atoms with Crippen LogP contribution in [-0.4, -0.2) is 87.5 Å². The number of carbonyl (C=O) groups excluding carboxylic acids is 3. The first-order valence-electron chi connectivity index (χ1n) is 16.2. The second kappa shape index (κ2) is 13.0. The number of fused-ring (bicyclic) bond motifs is 1. The van der Waals surface area contributed by atoms with Crippen LogP contribution in [0.25, 0.3) is 10.9 Å². The van der Waals surface area contributed by atoms with E-state index in [4.69, 9.17) is 25.8 Å². The highest BCUT2D eigenvalue weighted by atomic mass is 35.5. The molecule has 3 aliphatic rings. The summed E-state index contributed by atoms with van der Waals surface area (Å²) in [7, 11) is 0. The minimum Gasteiger partial charge on any atom is -0.488 e. The molecule has 5 unspecified atom stereocenters. The number of benzene rings is 1. The van der Waals surface area contributed by atoms with E-state index in [2.05, 4.69) is 15.6 Å². The molecule has 2 saturated carbocycles. The standard InChI is InChI=1S/C33H40ClF3N4O8/c1-6-17-15-32(17,28(44)45)40-26(42)21-13-18(48-22-14-23(47-7-2)38-24-19(22)9-8-10-20(24)34)16-41(21)27(43)25(31(11-12-31)33(35,36)37)39-29(46)49-30(3,4)5/h8-10,14,17-18,21,25H,6-7,11-13,15-16H2,1-5H3,(H,39,46)(H,40,42)(H,44,45). The quantitative estimate of drug-likeness (QED) is 0.284. The third kappa shape index (κ3) is 7.17. The van der Waals surface area contributed by atoms with Crippen LogP contribution in [0.4, 0.5) is 18.0 Å². The minimum atomic E-state index is -4.88. The largest absolute Gasteiger partial charge is 0.488 e. The topological polar surface area (TPSA) is 156 Å². The Morgan fingerprint density at radius 1 is 1.16 bits per heavy atom. The number of aliphatic carboxylic acids is 1. The number of halogens is 4. The number of rotatable bonds is 11. The number of para-hydroxylation sites is 1. The van der Waals surface area contributed by atoms with Gasteiger partial charge in [0.15, 0.2) is 0 Å². The summed E-state index contributed by atoms with van der Waals surface area (Å²) in [5.41, 5.74) is -4.88. The zero-order chi connectivity index (χ0) is 36.1. The fraction of sp³-hybridized carbons (Fsp3) is 0.606. The molecule has 12 nitrogen and oxygen atoms in total. The lowest BCUT2D eigenvalue weighted by Gasteiger charge is -2.34. The van der Waals surface area contributed by atoms with Gasteiger partial charge in [-0.3, -0.25) is 9.59 Å². The Morgan fingerprint density at radius 3 is 2.41 bits per heavy atom. The maximum atomic E-state index is 14.5. The van der Waals surface area contributed by atoms with E-state index in [0.717, 1.165) is 4.90 Å². The van der Waals surface area contributed by atoms with Crippen molar-refractivity contribution in [3.05, 3.63) is 29.3 Å². The van der Waals surface area contributed by atoms with Crippen molar-refractivity contribution in [3.63, 3.8) is 0 Å². The van der Waals surface area contributed by atoms with E-state index in [9.17, 15) is 37.5 Å². The Bertz CT molecular complexity index is 1650. The van der Waals surface area contributed by atoms with Crippen LogP contribution in [0, 0.1) is 11.3 Å². The number of hydrogen-bond acceptors (Lipinski definition) is 8. The molecule has 0 bridgehead atoms. The highest BCUT2D eigenvalue weighted by Gasteiger charge is 2.70. The van der Waals surface area contributed by atoms with E-state index in [1.165, 1.54) is 26.8 Å². The summed E-state index contributed by atoms with van der Waals surface area (Å²) in [6.07, 6.45) is -7.51. The lowest BCUT2D eigenvalue weighted by molar-refractivity contribution is -0.199. The van der Waals surface area contributed by atoms with Gasteiger partial charge in [0.25, 0.3) is 0 Å². The van der Waals surface area contributed by atoms with E-state index in [0.29, 0.717) is 22.3 Å². The molecule has 2 aromatic rings. The van der Waals surface area contributed by atoms with Crippen molar-refractivity contribution in [2.24, 2.45) is 11.3 Å². The summed E-state index contributed by atoms with van der Waals surface area (Å²) in [6.45, 7) is 8.01. The first kappa shape index (κ1) is 36.3. The number of carboxylic acid groups (broad SMARTS) is 1. The second-order valence-corrected chi connectivity index (χ2v) is 14.2. The molecule has 268 valence electrons. The smallest absolute Gasteiger partial charge is 0.408 e. The van der Waals surface area contributed by atoms with Gasteiger partial charge in [-0.25, -0.2) is 14.6 Å². The predicted octanol–water partition coefficient (Wildman–Crippen LogP) is 5.24. The third-order valence-corrected chi connectivity index (χ3v) is 9.61. The van der Waals surface area contributed by atoms with Crippen LogP contribution in [0.1, 0.15) is 66.7 Å². The van der Waals surface area contributed by atoms with Gasteiger partial charge in [0, 0.05) is 17.9 Å². The molecule has 16 heteroatoms. The van der Waals surface area contributed by atoms with Crippen LogP contribution in [0.5, 0.6) is 11.6 Å². The molecule has 49 heavy (non-hydrogen) atoms. The number of pyridine rings is 1. The molecule has 3 amide bonds. The van der Waals surface area contributed by atoms with Gasteiger partial charge in [-0.1, -0.05) is 31.0 Å². The van der Waals surface area contributed by atoms with Gasteiger partial charge in [0.1, 0.15) is 35.1 Å². The lowest BCUT2D eigenvalue weighted by atomic mass is 9.93. The van der Waals surface area contributed by atoms with Gasteiger partial charge >= 0.3 is 18.2 Å². The first-order chi connectivity index (χ1) is 22.9. The van der Waals surface area contributed by atoms with E-state index >= 15 is 0 Å². The average molecular weight is 713 g/mol. The number of carboxylic acids is 1. The fourth-order valence-electron chi connectivity index (χ4n) is 6.53. The number of nitrogens with zero attached hydrogens (tertiary/aromatic N) is 2. The van der Waals surface area contributed by atoms with Crippen molar-refractivity contribution in [3.8, 4) is 11.6 Å². The van der Waals surface area contributed by atoms with Crippen molar-refractivity contribution in [1.29, 1.82) is 0 Å². The number of hydrogen-bond donors (Lipinski definition) is 3. The van der Waals surface area contributed by atoms with E-state index in [1.807, 2.05) is 0 Å². The molecule has 3 fully saturated rings. The number of amides is 3. The van der Waals surface area contributed by atoms with Gasteiger partial charge in [-0.2, -0.15) is 13.2 Å². The monoisotopic (exact) mass is 712 g/mol. The van der Waals surface area contributed by atoms with E-state index in [1.54, 1.807) is 32.0 Å². The van der Waals surface area contributed by atoms with Crippen molar-refractivity contribution in [2.75, 3.05) is 13.2 Å². The summed E-state index contributed by atoms with van der Waals surface area (Å²) in [4.78, 5) is 58.5. The molecule has 0 radical (unpaired) electrons. The minimum absolute atomic E-state index is 0.162. The summed E-state index contributed by atoms with van der Waals surface area (Å²) in [5.74, 6) is -3.22. The highest BCUT2D eigenvalue weighted by Crippen LogP contribution is 2.60. The Balaban J connectivity index is 1.51. The second-order valence-electron chi connectivity index (χ2n) is 13.8. The molecule has 5 rings (SSSR count). The van der Waals surface area contributed by atoms with Crippen LogP contribution >= 0.6 is 11.6 Å². The van der Waals surface area contributed by atoms with Crippen molar-refractivity contribution in [1.82, 2.24) is 20.5 Å². The summed E-state index contributed by atoms with van der Waals surface area (Å²) in [6, 6.07) is 2.94. The van der Waals surface area contributed by atoms with E-state index < -0.39 is 77.6 Å². The molecule has 1 aliphatic heterocycles. The molecule has 0 spiro atoms. The van der Waals surface area contributed by atoms with Gasteiger partial charge in [-0.05, 0) is 65.0 Å². The maximum Gasteiger partial charge on any atom is 0.408 e. The summed E-state index contributed by atoms with van der Waals surface area (Å²) >= 11 is 6.40. The van der Waals surface area contributed by atoms with E-state index in [-0.39, 0.29) is 43.5 Å². The van der Waals surface area contributed by atoms with Gasteiger partial charge in [-0.15, -0.1) is 0 Å². The molecular formula is C33H40ClF3N4O8. The number of ether oxygens (including phenoxy) is 3. The van der Waals surface area contributed by atoms with Crippen LogP contribution in [0.3, 0.4) is 0 Å². The summed E-state index contributed by atoms with van der Waals surface area (Å²) < 4.78 is 60.7. The molecule has 3 N–H and O–H groups in total. The SMILES string of the molecule is CCOc1cc(OC2CC(C(=O)NC3(C(=O)O)CC3CC)N(C(=O)C(NC(=O)OC(C)(C)C)C3(C(F)(F)F)CC3)C2)c2cccc(Cl)c2n1. The van der Waals surface area contributed by atoms with Crippen molar-refractivity contribution in [2.45, 2.75) is 102 Å². The fourth-order valence-corrected chi connectivity index (χ4v) is 6.74. The van der Waals surface area contributed by atoms with Crippen LogP contribution in [0.2, 0.25) is 5.02 Å². The Kier molecular flexibility index (Phi) is 9.65. The molecule has 1 aromatic carbocycles. The van der Waals surface area contributed by atoms with Crippen molar-refractivity contribution < 1.29 is 51.7 Å². The number of aromatic nitrogens is 1. The molecule has 2 aliphatic carbocycles. The number of alkyl halides is 3. The zero-order valence-corrected chi connectivity index (χ0v) is 28.5. The number of carbonyl (C=O) groups is 4. The molecule has 1 saturated heterocycles. The summed E-state index contributed by atoms with van der Waals surface area (Å²) in [5, 5.41) is 15.5. The molecule has 2 heterocycles. The number of nitrogens with one attached hydrogen (secondary N) is 2. The van der Waals surface area contributed by atoms with Crippen LogP contribution < -0.4 is 20.1 Å². The van der Waals surface area contributed by atoms with Gasteiger partial charge in [0.2, 0.25) is 17.7 Å².